The van der Waals surface area contributed by atoms with Crippen molar-refractivity contribution in [1.29, 1.82) is 0 Å². The van der Waals surface area contributed by atoms with Gasteiger partial charge in [-0.1, -0.05) is 0 Å². The van der Waals surface area contributed by atoms with Gasteiger partial charge in [-0.25, -0.2) is 0 Å². The maximum absolute atomic E-state index is 10.8. The molecule has 1 heterocycles. The highest BCUT2D eigenvalue weighted by molar-refractivity contribution is 5.68. The summed E-state index contributed by atoms with van der Waals surface area (Å²) in [6.45, 7) is 1.71. The first kappa shape index (κ1) is 12.0. The Morgan fingerprint density at radius 1 is 1.47 bits per heavy atom. The third-order valence-electron chi connectivity index (χ3n) is 3.29. The molecule has 0 unspecified atom stereocenters. The lowest BCUT2D eigenvalue weighted by Crippen LogP contribution is -2.28. The smallest absolute Gasteiger partial charge is 0.303 e. The molecule has 4 heteroatoms. The van der Waals surface area contributed by atoms with E-state index < -0.39 is 5.97 Å². The summed E-state index contributed by atoms with van der Waals surface area (Å²) in [5.74, 6) is -0.681. The van der Waals surface area contributed by atoms with E-state index >= 15 is 0 Å². The SMILES string of the molecule is CN(Cc1ccncc1)CC1(CC(=O)O)CC1. The molecule has 92 valence electrons. The molecule has 0 spiro atoms. The lowest BCUT2D eigenvalue weighted by atomic mass is 10.0. The molecule has 0 aromatic carbocycles. The van der Waals surface area contributed by atoms with Gasteiger partial charge >= 0.3 is 5.97 Å². The molecular formula is C13H18N2O2. The number of hydrogen-bond donors (Lipinski definition) is 1. The Balaban J connectivity index is 1.85. The van der Waals surface area contributed by atoms with Crippen LogP contribution in [0.1, 0.15) is 24.8 Å². The number of carboxylic acid groups (broad SMARTS) is 1. The standard InChI is InChI=1S/C13H18N2O2/c1-15(9-11-2-6-14-7-3-11)10-13(4-5-13)8-12(16)17/h2-3,6-7H,4-5,8-10H2,1H3,(H,16,17). The van der Waals surface area contributed by atoms with E-state index in [0.717, 1.165) is 25.9 Å². The molecule has 2 rings (SSSR count). The highest BCUT2D eigenvalue weighted by Crippen LogP contribution is 2.49. The predicted octanol–water partition coefficient (Wildman–Crippen LogP) is 1.77. The minimum atomic E-state index is -0.681. The molecule has 0 amide bonds. The van der Waals surface area contributed by atoms with Crippen molar-refractivity contribution < 1.29 is 9.90 Å². The second-order valence-electron chi connectivity index (χ2n) is 5.10. The van der Waals surface area contributed by atoms with Gasteiger partial charge in [0.1, 0.15) is 0 Å². The predicted molar refractivity (Wildman–Crippen MR) is 64.5 cm³/mol. The first-order chi connectivity index (χ1) is 8.10. The molecule has 0 bridgehead atoms. The van der Waals surface area contributed by atoms with Gasteiger partial charge in [0.2, 0.25) is 0 Å². The van der Waals surface area contributed by atoms with E-state index in [1.54, 1.807) is 12.4 Å². The summed E-state index contributed by atoms with van der Waals surface area (Å²) in [5.41, 5.74) is 1.25. The molecule has 1 aromatic rings. The van der Waals surface area contributed by atoms with Gasteiger partial charge in [-0.2, -0.15) is 0 Å². The van der Waals surface area contributed by atoms with E-state index in [-0.39, 0.29) is 5.41 Å². The summed E-state index contributed by atoms with van der Waals surface area (Å²) in [5, 5.41) is 8.86. The first-order valence-corrected chi connectivity index (χ1v) is 5.89. The van der Waals surface area contributed by atoms with Crippen LogP contribution in [0.2, 0.25) is 0 Å². The zero-order valence-corrected chi connectivity index (χ0v) is 10.1. The number of aliphatic carboxylic acids is 1. The van der Waals surface area contributed by atoms with E-state index in [1.807, 2.05) is 19.2 Å². The normalized spacial score (nSPS) is 17.1. The van der Waals surface area contributed by atoms with Crippen LogP contribution in [-0.2, 0) is 11.3 Å². The van der Waals surface area contributed by atoms with Crippen molar-refractivity contribution in [2.24, 2.45) is 5.41 Å². The Morgan fingerprint density at radius 3 is 2.65 bits per heavy atom. The van der Waals surface area contributed by atoms with Gasteiger partial charge in [0.15, 0.2) is 0 Å². The summed E-state index contributed by atoms with van der Waals surface area (Å²) >= 11 is 0. The maximum Gasteiger partial charge on any atom is 0.303 e. The molecule has 1 N–H and O–H groups in total. The fraction of sp³-hybridized carbons (Fsp3) is 0.538. The number of carboxylic acids is 1. The molecule has 1 aliphatic carbocycles. The van der Waals surface area contributed by atoms with Gasteiger partial charge in [0.05, 0.1) is 6.42 Å². The van der Waals surface area contributed by atoms with Crippen LogP contribution in [0, 0.1) is 5.41 Å². The van der Waals surface area contributed by atoms with Crippen LogP contribution in [0.15, 0.2) is 24.5 Å². The molecule has 1 aliphatic rings. The third-order valence-corrected chi connectivity index (χ3v) is 3.29. The first-order valence-electron chi connectivity index (χ1n) is 5.89. The Hall–Kier alpha value is -1.42. The Labute approximate surface area is 101 Å². The van der Waals surface area contributed by atoms with Crippen molar-refractivity contribution in [3.63, 3.8) is 0 Å². The van der Waals surface area contributed by atoms with Gasteiger partial charge < -0.3 is 10.0 Å². The number of hydrogen-bond acceptors (Lipinski definition) is 3. The Morgan fingerprint density at radius 2 is 2.12 bits per heavy atom. The topological polar surface area (TPSA) is 53.4 Å². The van der Waals surface area contributed by atoms with Gasteiger partial charge in [-0.05, 0) is 43.0 Å². The summed E-state index contributed by atoms with van der Waals surface area (Å²) in [4.78, 5) is 17.0. The van der Waals surface area contributed by atoms with Crippen LogP contribution in [0.5, 0.6) is 0 Å². The van der Waals surface area contributed by atoms with Crippen LogP contribution in [0.3, 0.4) is 0 Å². The van der Waals surface area contributed by atoms with Crippen molar-refractivity contribution in [1.82, 2.24) is 9.88 Å². The molecule has 0 saturated heterocycles. The van der Waals surface area contributed by atoms with E-state index in [1.165, 1.54) is 5.56 Å². The molecule has 0 aliphatic heterocycles. The second-order valence-corrected chi connectivity index (χ2v) is 5.10. The van der Waals surface area contributed by atoms with Gasteiger partial charge in [0, 0.05) is 25.5 Å². The highest BCUT2D eigenvalue weighted by Gasteiger charge is 2.44. The summed E-state index contributed by atoms with van der Waals surface area (Å²) < 4.78 is 0. The fourth-order valence-electron chi connectivity index (χ4n) is 2.32. The molecule has 0 atom stereocenters. The highest BCUT2D eigenvalue weighted by atomic mass is 16.4. The van der Waals surface area contributed by atoms with Crippen LogP contribution in [-0.4, -0.2) is 34.6 Å². The van der Waals surface area contributed by atoms with Crippen molar-refractivity contribution in [2.75, 3.05) is 13.6 Å². The molecule has 1 saturated carbocycles. The van der Waals surface area contributed by atoms with Crippen molar-refractivity contribution >= 4 is 5.97 Å². The largest absolute Gasteiger partial charge is 0.481 e. The van der Waals surface area contributed by atoms with E-state index in [0.29, 0.717) is 6.42 Å². The Bertz CT molecular complexity index is 388. The number of pyridine rings is 1. The number of aromatic nitrogens is 1. The molecule has 1 fully saturated rings. The summed E-state index contributed by atoms with van der Waals surface area (Å²) in [6.07, 6.45) is 5.95. The molecule has 4 nitrogen and oxygen atoms in total. The van der Waals surface area contributed by atoms with Crippen molar-refractivity contribution in [2.45, 2.75) is 25.8 Å². The van der Waals surface area contributed by atoms with E-state index in [2.05, 4.69) is 9.88 Å². The number of rotatable bonds is 6. The maximum atomic E-state index is 10.8. The fourth-order valence-corrected chi connectivity index (χ4v) is 2.32. The average molecular weight is 234 g/mol. The van der Waals surface area contributed by atoms with Gasteiger partial charge in [0.25, 0.3) is 0 Å². The van der Waals surface area contributed by atoms with Crippen molar-refractivity contribution in [3.05, 3.63) is 30.1 Å². The lowest BCUT2D eigenvalue weighted by Gasteiger charge is -2.22. The number of nitrogens with zero attached hydrogens (tertiary/aromatic N) is 2. The van der Waals surface area contributed by atoms with Crippen molar-refractivity contribution in [3.8, 4) is 0 Å². The molecule has 1 aromatic heterocycles. The monoisotopic (exact) mass is 234 g/mol. The second kappa shape index (κ2) is 4.84. The van der Waals surface area contributed by atoms with Gasteiger partial charge in [-0.15, -0.1) is 0 Å². The average Bonchev–Trinajstić information content (AvgIpc) is 2.97. The summed E-state index contributed by atoms with van der Waals surface area (Å²) in [6, 6.07) is 3.99. The van der Waals surface area contributed by atoms with E-state index in [4.69, 9.17) is 5.11 Å². The minimum absolute atomic E-state index is 0.0353. The Kier molecular flexibility index (Phi) is 3.43. The minimum Gasteiger partial charge on any atom is -0.481 e. The zero-order valence-electron chi connectivity index (χ0n) is 10.1. The molecule has 0 radical (unpaired) electrons. The van der Waals surface area contributed by atoms with Crippen LogP contribution >= 0.6 is 0 Å². The summed E-state index contributed by atoms with van der Waals surface area (Å²) in [7, 11) is 2.04. The van der Waals surface area contributed by atoms with Crippen LogP contribution in [0.25, 0.3) is 0 Å². The third kappa shape index (κ3) is 3.53. The molecular weight excluding hydrogens is 216 g/mol. The lowest BCUT2D eigenvalue weighted by molar-refractivity contribution is -0.138. The molecule has 17 heavy (non-hydrogen) atoms. The van der Waals surface area contributed by atoms with Crippen LogP contribution < -0.4 is 0 Å². The van der Waals surface area contributed by atoms with Crippen LogP contribution in [0.4, 0.5) is 0 Å². The van der Waals surface area contributed by atoms with E-state index in [9.17, 15) is 4.79 Å². The quantitative estimate of drug-likeness (QED) is 0.815. The van der Waals surface area contributed by atoms with Gasteiger partial charge in [-0.3, -0.25) is 9.78 Å². The zero-order chi connectivity index (χ0) is 12.3. The number of carbonyl (C=O) groups is 1.